The van der Waals surface area contributed by atoms with Crippen LogP contribution in [0.1, 0.15) is 12.8 Å². The molecule has 2 rings (SSSR count). The minimum absolute atomic E-state index is 0.223. The quantitative estimate of drug-likeness (QED) is 0.849. The Morgan fingerprint density at radius 2 is 2.17 bits per heavy atom. The van der Waals surface area contributed by atoms with Crippen molar-refractivity contribution in [3.63, 3.8) is 0 Å². The van der Waals surface area contributed by atoms with Crippen molar-refractivity contribution in [2.75, 3.05) is 19.5 Å². The lowest BCUT2D eigenvalue weighted by Gasteiger charge is -2.19. The number of ether oxygens (including phenoxy) is 2. The van der Waals surface area contributed by atoms with Gasteiger partial charge in [0.25, 0.3) is 0 Å². The van der Waals surface area contributed by atoms with Crippen molar-refractivity contribution in [3.05, 3.63) is 22.7 Å². The van der Waals surface area contributed by atoms with E-state index in [1.54, 1.807) is 7.11 Å². The minimum Gasteiger partial charge on any atom is -0.495 e. The Labute approximate surface area is 115 Å². The van der Waals surface area contributed by atoms with Crippen LogP contribution in [0.15, 0.2) is 22.7 Å². The lowest BCUT2D eigenvalue weighted by molar-refractivity contribution is -0.142. The lowest BCUT2D eigenvalue weighted by Crippen LogP contribution is -2.32. The van der Waals surface area contributed by atoms with Crippen molar-refractivity contribution in [3.8, 4) is 5.75 Å². The minimum atomic E-state index is -0.293. The van der Waals surface area contributed by atoms with Crippen LogP contribution in [0.5, 0.6) is 5.75 Å². The van der Waals surface area contributed by atoms with Gasteiger partial charge in [-0.3, -0.25) is 0 Å². The van der Waals surface area contributed by atoms with Gasteiger partial charge in [-0.15, -0.1) is 0 Å². The summed E-state index contributed by atoms with van der Waals surface area (Å²) in [6, 6.07) is 5.36. The Bertz CT molecular complexity index is 446. The molecule has 1 aromatic rings. The molecule has 1 N–H and O–H groups in total. The highest BCUT2D eigenvalue weighted by atomic mass is 79.9. The number of rotatable bonds is 5. The first-order valence-electron chi connectivity index (χ1n) is 5.83. The fraction of sp³-hybridized carbons (Fsp3) is 0.462. The number of hydrogen-bond acceptors (Lipinski definition) is 4. The molecule has 0 bridgehead atoms. The fourth-order valence-electron chi connectivity index (χ4n) is 1.89. The molecule has 0 aromatic heterocycles. The van der Waals surface area contributed by atoms with Gasteiger partial charge in [-0.05, 0) is 37.0 Å². The highest BCUT2D eigenvalue weighted by Gasteiger charge is 2.37. The second-order valence-corrected chi connectivity index (χ2v) is 5.24. The van der Waals surface area contributed by atoms with Gasteiger partial charge in [-0.2, -0.15) is 0 Å². The zero-order valence-electron chi connectivity index (χ0n) is 10.4. The Kier molecular flexibility index (Phi) is 4.11. The summed E-state index contributed by atoms with van der Waals surface area (Å²) in [6.07, 6.45) is 2.12. The molecular formula is C13H16BrNO3. The van der Waals surface area contributed by atoms with Gasteiger partial charge >= 0.3 is 5.97 Å². The van der Waals surface area contributed by atoms with Crippen LogP contribution in [0.4, 0.5) is 5.69 Å². The molecule has 0 amide bonds. The highest BCUT2D eigenvalue weighted by molar-refractivity contribution is 9.10. The van der Waals surface area contributed by atoms with Crippen molar-refractivity contribution in [2.45, 2.75) is 18.9 Å². The van der Waals surface area contributed by atoms with Crippen LogP contribution in [0.3, 0.4) is 0 Å². The second-order valence-electron chi connectivity index (χ2n) is 4.33. The predicted octanol–water partition coefficient (Wildman–Crippen LogP) is 2.82. The molecule has 98 valence electrons. The second kappa shape index (κ2) is 5.61. The van der Waals surface area contributed by atoms with Gasteiger partial charge in [-0.1, -0.05) is 15.9 Å². The number of esters is 1. The van der Waals surface area contributed by atoms with Gasteiger partial charge in [0.05, 0.1) is 19.9 Å². The monoisotopic (exact) mass is 313 g/mol. The van der Waals surface area contributed by atoms with Crippen LogP contribution >= 0.6 is 15.9 Å². The van der Waals surface area contributed by atoms with Crippen molar-refractivity contribution in [1.29, 1.82) is 0 Å². The van der Waals surface area contributed by atoms with Crippen molar-refractivity contribution in [1.82, 2.24) is 0 Å². The standard InChI is InChI=1S/C13H16BrNO3/c1-17-11-6-5-9(14)7-10(11)15-12(8-3-4-8)13(16)18-2/h5-8,12,15H,3-4H2,1-2H3. The molecule has 0 aliphatic heterocycles. The van der Waals surface area contributed by atoms with E-state index >= 15 is 0 Å². The summed E-state index contributed by atoms with van der Waals surface area (Å²) < 4.78 is 11.1. The zero-order valence-corrected chi connectivity index (χ0v) is 12.0. The number of halogens is 1. The summed E-state index contributed by atoms with van der Waals surface area (Å²) in [4.78, 5) is 11.7. The van der Waals surface area contributed by atoms with E-state index in [-0.39, 0.29) is 12.0 Å². The van der Waals surface area contributed by atoms with Crippen LogP contribution in [0.2, 0.25) is 0 Å². The third kappa shape index (κ3) is 2.96. The van der Waals surface area contributed by atoms with E-state index in [1.165, 1.54) is 7.11 Å². The molecule has 1 unspecified atom stereocenters. The van der Waals surface area contributed by atoms with E-state index in [9.17, 15) is 4.79 Å². The molecule has 0 heterocycles. The van der Waals surface area contributed by atoms with E-state index in [0.717, 1.165) is 23.0 Å². The Balaban J connectivity index is 2.20. The smallest absolute Gasteiger partial charge is 0.328 e. The molecule has 1 aliphatic rings. The van der Waals surface area contributed by atoms with E-state index in [1.807, 2.05) is 18.2 Å². The summed E-state index contributed by atoms with van der Waals surface area (Å²) in [7, 11) is 3.02. The first-order valence-corrected chi connectivity index (χ1v) is 6.63. The number of anilines is 1. The van der Waals surface area contributed by atoms with Crippen LogP contribution < -0.4 is 10.1 Å². The normalized spacial score (nSPS) is 15.9. The fourth-order valence-corrected chi connectivity index (χ4v) is 2.25. The van der Waals surface area contributed by atoms with Gasteiger partial charge in [-0.25, -0.2) is 4.79 Å². The summed E-state index contributed by atoms with van der Waals surface area (Å²) in [5, 5.41) is 3.22. The van der Waals surface area contributed by atoms with Gasteiger partial charge in [0.15, 0.2) is 0 Å². The molecule has 1 saturated carbocycles. The Morgan fingerprint density at radius 1 is 1.44 bits per heavy atom. The number of hydrogen-bond donors (Lipinski definition) is 1. The van der Waals surface area contributed by atoms with Crippen LogP contribution in [0.25, 0.3) is 0 Å². The largest absolute Gasteiger partial charge is 0.495 e. The van der Waals surface area contributed by atoms with E-state index in [2.05, 4.69) is 21.2 Å². The average molecular weight is 314 g/mol. The molecule has 0 spiro atoms. The van der Waals surface area contributed by atoms with E-state index in [0.29, 0.717) is 11.7 Å². The topological polar surface area (TPSA) is 47.6 Å². The maximum Gasteiger partial charge on any atom is 0.328 e. The maximum atomic E-state index is 11.7. The van der Waals surface area contributed by atoms with Crippen molar-refractivity contribution >= 4 is 27.6 Å². The SMILES string of the molecule is COC(=O)C(Nc1cc(Br)ccc1OC)C1CC1. The molecule has 0 radical (unpaired) electrons. The van der Waals surface area contributed by atoms with Crippen molar-refractivity contribution in [2.24, 2.45) is 5.92 Å². The lowest BCUT2D eigenvalue weighted by atomic mass is 10.1. The van der Waals surface area contributed by atoms with Crippen LogP contribution in [-0.2, 0) is 9.53 Å². The van der Waals surface area contributed by atoms with E-state index in [4.69, 9.17) is 9.47 Å². The summed E-state index contributed by atoms with van der Waals surface area (Å²) in [6.45, 7) is 0. The van der Waals surface area contributed by atoms with Crippen molar-refractivity contribution < 1.29 is 14.3 Å². The number of methoxy groups -OCH3 is 2. The first kappa shape index (κ1) is 13.2. The molecule has 1 atom stereocenters. The predicted molar refractivity (Wildman–Crippen MR) is 72.8 cm³/mol. The molecule has 1 aliphatic carbocycles. The Hall–Kier alpha value is -1.23. The third-order valence-corrected chi connectivity index (χ3v) is 3.51. The average Bonchev–Trinajstić information content (AvgIpc) is 3.19. The van der Waals surface area contributed by atoms with Gasteiger partial charge in [0.1, 0.15) is 11.8 Å². The first-order chi connectivity index (χ1) is 8.65. The van der Waals surface area contributed by atoms with Crippen LogP contribution in [0, 0.1) is 5.92 Å². The van der Waals surface area contributed by atoms with Gasteiger partial charge in [0, 0.05) is 4.47 Å². The number of nitrogens with one attached hydrogen (secondary N) is 1. The molecule has 5 heteroatoms. The zero-order chi connectivity index (χ0) is 13.1. The Morgan fingerprint density at radius 3 is 2.72 bits per heavy atom. The number of benzene rings is 1. The molecular weight excluding hydrogens is 298 g/mol. The highest BCUT2D eigenvalue weighted by Crippen LogP contribution is 2.37. The van der Waals surface area contributed by atoms with Gasteiger partial charge < -0.3 is 14.8 Å². The molecule has 1 fully saturated rings. The molecule has 18 heavy (non-hydrogen) atoms. The number of carbonyl (C=O) groups excluding carboxylic acids is 1. The molecule has 0 saturated heterocycles. The van der Waals surface area contributed by atoms with Crippen LogP contribution in [-0.4, -0.2) is 26.2 Å². The number of carbonyl (C=O) groups is 1. The third-order valence-electron chi connectivity index (χ3n) is 3.02. The summed E-state index contributed by atoms with van der Waals surface area (Å²) in [5.41, 5.74) is 0.800. The molecule has 4 nitrogen and oxygen atoms in total. The summed E-state index contributed by atoms with van der Waals surface area (Å²) in [5.74, 6) is 0.855. The molecule has 1 aromatic carbocycles. The summed E-state index contributed by atoms with van der Waals surface area (Å²) >= 11 is 3.41. The van der Waals surface area contributed by atoms with Gasteiger partial charge in [0.2, 0.25) is 0 Å². The maximum absolute atomic E-state index is 11.7. The van der Waals surface area contributed by atoms with E-state index < -0.39 is 0 Å².